The van der Waals surface area contributed by atoms with Gasteiger partial charge in [0.1, 0.15) is 4.83 Å². The summed E-state index contributed by atoms with van der Waals surface area (Å²) in [5.74, 6) is -0.549. The van der Waals surface area contributed by atoms with Crippen LogP contribution in [0.5, 0.6) is 0 Å². The number of carbonyl (C=O) groups excluding carboxylic acids is 2. The third kappa shape index (κ3) is 3.89. The van der Waals surface area contributed by atoms with Gasteiger partial charge >= 0.3 is 6.03 Å². The minimum absolute atomic E-state index is 0.208. The Morgan fingerprint density at radius 2 is 1.93 bits per heavy atom. The minimum Gasteiger partial charge on any atom is -0.351 e. The lowest BCUT2D eigenvalue weighted by Gasteiger charge is -2.15. The van der Waals surface area contributed by atoms with Crippen LogP contribution in [0, 0.1) is 0 Å². The van der Waals surface area contributed by atoms with Crippen LogP contribution >= 0.6 is 34.4 Å². The van der Waals surface area contributed by atoms with Gasteiger partial charge in [-0.05, 0) is 30.5 Å². The summed E-state index contributed by atoms with van der Waals surface area (Å²) in [5, 5.41) is 6.18. The van der Waals surface area contributed by atoms with Crippen LogP contribution < -0.4 is 16.6 Å². The summed E-state index contributed by atoms with van der Waals surface area (Å²) in [7, 11) is 0. The SMILES string of the molecule is C[C@@H](Sc1nc2scc(-c3cccs3)c2c(=O)n1-c1ccccc1)C(=O)NC(N)=O. The summed E-state index contributed by atoms with van der Waals surface area (Å²) < 4.78 is 1.50. The van der Waals surface area contributed by atoms with Crippen LogP contribution in [0.4, 0.5) is 4.79 Å². The second kappa shape index (κ2) is 8.42. The van der Waals surface area contributed by atoms with Gasteiger partial charge in [-0.15, -0.1) is 22.7 Å². The molecule has 3 amide bonds. The van der Waals surface area contributed by atoms with Crippen LogP contribution in [-0.2, 0) is 4.79 Å². The highest BCUT2D eigenvalue weighted by molar-refractivity contribution is 8.00. The van der Waals surface area contributed by atoms with Crippen molar-refractivity contribution in [1.82, 2.24) is 14.9 Å². The highest BCUT2D eigenvalue weighted by atomic mass is 32.2. The number of amides is 3. The Kier molecular flexibility index (Phi) is 5.71. The second-order valence-electron chi connectivity index (χ2n) is 6.29. The maximum absolute atomic E-state index is 13.6. The van der Waals surface area contributed by atoms with Crippen molar-refractivity contribution >= 4 is 56.6 Å². The predicted octanol–water partition coefficient (Wildman–Crippen LogP) is 3.85. The molecule has 3 heterocycles. The molecule has 0 spiro atoms. The van der Waals surface area contributed by atoms with E-state index >= 15 is 0 Å². The van der Waals surface area contributed by atoms with Gasteiger partial charge in [0.15, 0.2) is 5.16 Å². The number of primary amides is 1. The average molecular weight is 457 g/mol. The molecule has 7 nitrogen and oxygen atoms in total. The van der Waals surface area contributed by atoms with Crippen LogP contribution in [-0.4, -0.2) is 26.7 Å². The molecule has 0 saturated heterocycles. The number of thiophene rings is 2. The number of nitrogens with two attached hydrogens (primary N) is 1. The zero-order valence-electron chi connectivity index (χ0n) is 15.7. The molecular weight excluding hydrogens is 440 g/mol. The van der Waals surface area contributed by atoms with Crippen molar-refractivity contribution in [3.8, 4) is 16.1 Å². The first-order valence-corrected chi connectivity index (χ1v) is 11.5. The first-order chi connectivity index (χ1) is 14.5. The number of para-hydroxylation sites is 1. The molecule has 0 aliphatic heterocycles. The van der Waals surface area contributed by atoms with Crippen molar-refractivity contribution in [2.45, 2.75) is 17.3 Å². The van der Waals surface area contributed by atoms with Gasteiger partial charge in [-0.25, -0.2) is 9.78 Å². The third-order valence-electron chi connectivity index (χ3n) is 4.28. The highest BCUT2D eigenvalue weighted by Gasteiger charge is 2.23. The van der Waals surface area contributed by atoms with Gasteiger partial charge in [0.25, 0.3) is 5.56 Å². The lowest BCUT2D eigenvalue weighted by atomic mass is 10.2. The lowest BCUT2D eigenvalue weighted by Crippen LogP contribution is -2.39. The Labute approximate surface area is 183 Å². The number of hydrogen-bond acceptors (Lipinski definition) is 7. The molecule has 3 N–H and O–H groups in total. The fourth-order valence-electron chi connectivity index (χ4n) is 2.90. The molecule has 0 fully saturated rings. The number of thioether (sulfide) groups is 1. The Hall–Kier alpha value is -2.95. The molecule has 1 atom stereocenters. The lowest BCUT2D eigenvalue weighted by molar-refractivity contribution is -0.119. The number of rotatable bonds is 5. The van der Waals surface area contributed by atoms with E-state index in [9.17, 15) is 14.4 Å². The van der Waals surface area contributed by atoms with E-state index in [0.717, 1.165) is 22.2 Å². The van der Waals surface area contributed by atoms with Gasteiger partial charge < -0.3 is 5.73 Å². The van der Waals surface area contributed by atoms with Gasteiger partial charge in [-0.1, -0.05) is 36.0 Å². The van der Waals surface area contributed by atoms with Crippen molar-refractivity contribution in [2.75, 3.05) is 0 Å². The summed E-state index contributed by atoms with van der Waals surface area (Å²) in [6.07, 6.45) is 0. The van der Waals surface area contributed by atoms with Gasteiger partial charge in [0.2, 0.25) is 5.91 Å². The first-order valence-electron chi connectivity index (χ1n) is 8.86. The monoisotopic (exact) mass is 456 g/mol. The standard InChI is InChI=1S/C20H16N4O3S3/c1-11(16(25)22-19(21)27)30-20-23-17-15(13(10-29-17)14-8-5-9-28-14)18(26)24(20)12-6-3-2-4-7-12/h2-11H,1H3,(H3,21,22,25,27)/t11-/m1/s1. The topological polar surface area (TPSA) is 107 Å². The maximum Gasteiger partial charge on any atom is 0.318 e. The maximum atomic E-state index is 13.6. The van der Waals surface area contributed by atoms with Gasteiger partial charge in [-0.2, -0.15) is 0 Å². The Balaban J connectivity index is 1.89. The quantitative estimate of drug-likeness (QED) is 0.350. The molecule has 3 aromatic heterocycles. The number of nitrogens with zero attached hydrogens (tertiary/aromatic N) is 2. The smallest absolute Gasteiger partial charge is 0.318 e. The number of fused-ring (bicyclic) bond motifs is 1. The van der Waals surface area contributed by atoms with Crippen LogP contribution in [0.2, 0.25) is 0 Å². The summed E-state index contributed by atoms with van der Waals surface area (Å²) in [5.41, 5.74) is 6.33. The average Bonchev–Trinajstić information content (AvgIpc) is 3.38. The Morgan fingerprint density at radius 1 is 1.17 bits per heavy atom. The zero-order valence-corrected chi connectivity index (χ0v) is 18.1. The van der Waals surface area contributed by atoms with Gasteiger partial charge in [0.05, 0.1) is 16.3 Å². The second-order valence-corrected chi connectivity index (χ2v) is 9.40. The van der Waals surface area contributed by atoms with E-state index in [0.29, 0.717) is 21.1 Å². The number of hydrogen-bond donors (Lipinski definition) is 2. The highest BCUT2D eigenvalue weighted by Crippen LogP contribution is 2.35. The third-order valence-corrected chi connectivity index (χ3v) is 7.10. The molecule has 0 unspecified atom stereocenters. The van der Waals surface area contributed by atoms with Crippen LogP contribution in [0.3, 0.4) is 0 Å². The molecule has 0 bridgehead atoms. The van der Waals surface area contributed by atoms with Crippen LogP contribution in [0.1, 0.15) is 6.92 Å². The number of aromatic nitrogens is 2. The molecule has 4 rings (SSSR count). The van der Waals surface area contributed by atoms with E-state index in [1.165, 1.54) is 15.9 Å². The Bertz CT molecular complexity index is 1280. The van der Waals surface area contributed by atoms with E-state index in [1.807, 2.05) is 53.2 Å². The minimum atomic E-state index is -0.921. The summed E-state index contributed by atoms with van der Waals surface area (Å²) in [6, 6.07) is 12.1. The van der Waals surface area contributed by atoms with Crippen molar-refractivity contribution in [3.05, 3.63) is 63.6 Å². The molecule has 1 aromatic carbocycles. The molecular formula is C20H16N4O3S3. The van der Waals surface area contributed by atoms with E-state index < -0.39 is 17.2 Å². The van der Waals surface area contributed by atoms with E-state index in [-0.39, 0.29) is 5.56 Å². The molecule has 0 aliphatic carbocycles. The number of benzene rings is 1. The van der Waals surface area contributed by atoms with Crippen LogP contribution in [0.25, 0.3) is 26.3 Å². The predicted molar refractivity (Wildman–Crippen MR) is 122 cm³/mol. The van der Waals surface area contributed by atoms with Crippen molar-refractivity contribution in [3.63, 3.8) is 0 Å². The first kappa shape index (κ1) is 20.3. The molecule has 0 aliphatic rings. The molecule has 4 aromatic rings. The van der Waals surface area contributed by atoms with Crippen molar-refractivity contribution in [1.29, 1.82) is 0 Å². The van der Waals surface area contributed by atoms with E-state index in [2.05, 4.69) is 5.32 Å². The molecule has 0 radical (unpaired) electrons. The van der Waals surface area contributed by atoms with Crippen molar-refractivity contribution in [2.24, 2.45) is 5.73 Å². The van der Waals surface area contributed by atoms with E-state index in [4.69, 9.17) is 10.7 Å². The molecule has 10 heteroatoms. The molecule has 152 valence electrons. The van der Waals surface area contributed by atoms with E-state index in [1.54, 1.807) is 18.3 Å². The van der Waals surface area contributed by atoms with Crippen LogP contribution in [0.15, 0.2) is 63.2 Å². The fourth-order valence-corrected chi connectivity index (χ4v) is 5.63. The summed E-state index contributed by atoms with van der Waals surface area (Å²) in [4.78, 5) is 43.1. The van der Waals surface area contributed by atoms with Crippen molar-refractivity contribution < 1.29 is 9.59 Å². The Morgan fingerprint density at radius 3 is 2.60 bits per heavy atom. The van der Waals surface area contributed by atoms with Gasteiger partial charge in [0, 0.05) is 15.8 Å². The fraction of sp³-hybridized carbons (Fsp3) is 0.100. The van der Waals surface area contributed by atoms with Gasteiger partial charge in [-0.3, -0.25) is 19.5 Å². The zero-order chi connectivity index (χ0) is 21.3. The number of urea groups is 1. The number of nitrogens with one attached hydrogen (secondary N) is 1. The summed E-state index contributed by atoms with van der Waals surface area (Å²) >= 11 is 4.04. The molecule has 0 saturated carbocycles. The normalized spacial score (nSPS) is 12.0. The number of imide groups is 1. The molecule has 30 heavy (non-hydrogen) atoms. The largest absolute Gasteiger partial charge is 0.351 e. The summed E-state index contributed by atoms with van der Waals surface area (Å²) in [6.45, 7) is 1.63. The number of carbonyl (C=O) groups is 2.